The van der Waals surface area contributed by atoms with E-state index in [9.17, 15) is 14.4 Å². The molecule has 4 rings (SSSR count). The molecule has 28 heavy (non-hydrogen) atoms. The van der Waals surface area contributed by atoms with Gasteiger partial charge in [0.15, 0.2) is 0 Å². The quantitative estimate of drug-likeness (QED) is 0.559. The zero-order valence-electron chi connectivity index (χ0n) is 14.7. The standard InChI is InChI=1S/C20H17N5O3/c26-15-11-14(18(27)21-12-7-3-1-4-8-12)16-17(23-15)24-20(25-19(16)28)22-13-9-5-2-6-10-13/h1-10,14H,11H2,(H,21,27)(H3,22,23,24,25,26,28)/t14-/m1/s1. The van der Waals surface area contributed by atoms with Crippen LogP contribution in [0.1, 0.15) is 17.9 Å². The lowest BCUT2D eigenvalue weighted by molar-refractivity contribution is -0.123. The zero-order valence-corrected chi connectivity index (χ0v) is 14.7. The number of nitrogens with one attached hydrogen (secondary N) is 4. The van der Waals surface area contributed by atoms with Crippen LogP contribution in [0, 0.1) is 0 Å². The first-order valence-electron chi connectivity index (χ1n) is 8.72. The third kappa shape index (κ3) is 3.61. The average molecular weight is 375 g/mol. The first-order chi connectivity index (χ1) is 13.6. The first-order valence-corrected chi connectivity index (χ1v) is 8.72. The predicted octanol–water partition coefficient (Wildman–Crippen LogP) is 2.58. The molecule has 0 aliphatic carbocycles. The van der Waals surface area contributed by atoms with E-state index in [0.717, 1.165) is 5.69 Å². The minimum atomic E-state index is -0.925. The Labute approximate surface area is 160 Å². The molecule has 8 nitrogen and oxygen atoms in total. The van der Waals surface area contributed by atoms with E-state index in [-0.39, 0.29) is 29.7 Å². The van der Waals surface area contributed by atoms with Crippen LogP contribution in [0.2, 0.25) is 0 Å². The lowest BCUT2D eigenvalue weighted by Crippen LogP contribution is -2.36. The lowest BCUT2D eigenvalue weighted by Gasteiger charge is -2.23. The molecular weight excluding hydrogens is 358 g/mol. The zero-order chi connectivity index (χ0) is 19.5. The van der Waals surface area contributed by atoms with E-state index in [1.54, 1.807) is 24.3 Å². The monoisotopic (exact) mass is 375 g/mol. The second-order valence-corrected chi connectivity index (χ2v) is 6.33. The summed E-state index contributed by atoms with van der Waals surface area (Å²) in [5.41, 5.74) is 0.987. The van der Waals surface area contributed by atoms with E-state index >= 15 is 0 Å². The van der Waals surface area contributed by atoms with E-state index < -0.39 is 17.4 Å². The highest BCUT2D eigenvalue weighted by atomic mass is 16.2. The van der Waals surface area contributed by atoms with Gasteiger partial charge in [0.25, 0.3) is 5.56 Å². The maximum Gasteiger partial charge on any atom is 0.258 e. The molecule has 3 aromatic rings. The highest BCUT2D eigenvalue weighted by Crippen LogP contribution is 2.30. The van der Waals surface area contributed by atoms with Gasteiger partial charge >= 0.3 is 0 Å². The fourth-order valence-electron chi connectivity index (χ4n) is 3.06. The van der Waals surface area contributed by atoms with Gasteiger partial charge in [0.05, 0.1) is 11.5 Å². The van der Waals surface area contributed by atoms with Gasteiger partial charge in [0.1, 0.15) is 5.82 Å². The van der Waals surface area contributed by atoms with E-state index in [2.05, 4.69) is 25.9 Å². The molecule has 0 spiro atoms. The number of benzene rings is 2. The highest BCUT2D eigenvalue weighted by Gasteiger charge is 2.34. The number of carbonyl (C=O) groups is 2. The molecule has 0 radical (unpaired) electrons. The van der Waals surface area contributed by atoms with Crippen LogP contribution in [0.5, 0.6) is 0 Å². The molecule has 2 aromatic carbocycles. The van der Waals surface area contributed by atoms with Crippen molar-refractivity contribution in [2.75, 3.05) is 16.0 Å². The van der Waals surface area contributed by atoms with Crippen molar-refractivity contribution in [1.82, 2.24) is 9.97 Å². The predicted molar refractivity (Wildman–Crippen MR) is 106 cm³/mol. The Morgan fingerprint density at radius 3 is 2.29 bits per heavy atom. The summed E-state index contributed by atoms with van der Waals surface area (Å²) in [6, 6.07) is 18.0. The molecular formula is C20H17N5O3. The van der Waals surface area contributed by atoms with Crippen LogP contribution in [-0.2, 0) is 9.59 Å². The summed E-state index contributed by atoms with van der Waals surface area (Å²) in [4.78, 5) is 44.4. The fourth-order valence-corrected chi connectivity index (χ4v) is 3.06. The molecule has 140 valence electrons. The second-order valence-electron chi connectivity index (χ2n) is 6.33. The normalized spacial score (nSPS) is 15.3. The number of amides is 2. The molecule has 1 atom stereocenters. The lowest BCUT2D eigenvalue weighted by atomic mass is 9.92. The molecule has 0 fully saturated rings. The second kappa shape index (κ2) is 7.36. The Morgan fingerprint density at radius 2 is 1.61 bits per heavy atom. The Balaban J connectivity index is 1.65. The summed E-state index contributed by atoms with van der Waals surface area (Å²) < 4.78 is 0. The molecule has 0 saturated heterocycles. The number of hydrogen-bond donors (Lipinski definition) is 4. The van der Waals surface area contributed by atoms with Crippen LogP contribution in [-0.4, -0.2) is 21.8 Å². The van der Waals surface area contributed by atoms with Crippen LogP contribution in [0.4, 0.5) is 23.1 Å². The van der Waals surface area contributed by atoms with Gasteiger partial charge in [-0.05, 0) is 24.3 Å². The number of fused-ring (bicyclic) bond motifs is 1. The molecule has 2 heterocycles. The maximum atomic E-state index is 12.7. The summed E-state index contributed by atoms with van der Waals surface area (Å²) in [5, 5.41) is 8.30. The molecule has 0 bridgehead atoms. The van der Waals surface area contributed by atoms with Crippen molar-refractivity contribution >= 4 is 35.0 Å². The van der Waals surface area contributed by atoms with Crippen LogP contribution in [0.25, 0.3) is 0 Å². The molecule has 0 saturated carbocycles. The Hall–Kier alpha value is -3.94. The van der Waals surface area contributed by atoms with Gasteiger partial charge in [-0.15, -0.1) is 0 Å². The SMILES string of the molecule is O=C1C[C@@H](C(=O)Nc2ccccc2)c2c(nc(Nc3ccccc3)[nH]c2=O)N1. The fraction of sp³-hybridized carbons (Fsp3) is 0.100. The van der Waals surface area contributed by atoms with Crippen molar-refractivity contribution in [3.05, 3.63) is 76.6 Å². The number of H-pyrrole nitrogens is 1. The number of hydrogen-bond acceptors (Lipinski definition) is 5. The molecule has 0 unspecified atom stereocenters. The van der Waals surface area contributed by atoms with Crippen molar-refractivity contribution in [2.24, 2.45) is 0 Å². The molecule has 4 N–H and O–H groups in total. The number of para-hydroxylation sites is 2. The maximum absolute atomic E-state index is 12.7. The van der Waals surface area contributed by atoms with E-state index in [0.29, 0.717) is 5.69 Å². The minimum Gasteiger partial charge on any atom is -0.326 e. The Bertz CT molecular complexity index is 1080. The summed E-state index contributed by atoms with van der Waals surface area (Å²) >= 11 is 0. The molecule has 8 heteroatoms. The van der Waals surface area contributed by atoms with Crippen LogP contribution in [0.15, 0.2) is 65.5 Å². The van der Waals surface area contributed by atoms with E-state index in [1.165, 1.54) is 0 Å². The largest absolute Gasteiger partial charge is 0.326 e. The summed E-state index contributed by atoms with van der Waals surface area (Å²) in [6.45, 7) is 0. The minimum absolute atomic E-state index is 0.0895. The van der Waals surface area contributed by atoms with Gasteiger partial charge in [0, 0.05) is 17.8 Å². The van der Waals surface area contributed by atoms with Crippen LogP contribution < -0.4 is 21.5 Å². The Morgan fingerprint density at radius 1 is 0.964 bits per heavy atom. The number of rotatable bonds is 4. The number of anilines is 4. The number of aromatic amines is 1. The summed E-state index contributed by atoms with van der Waals surface area (Å²) in [6.07, 6.45) is -0.123. The molecule has 1 aromatic heterocycles. The van der Waals surface area contributed by atoms with Gasteiger partial charge in [-0.3, -0.25) is 19.4 Å². The molecule has 1 aliphatic heterocycles. The number of aromatic nitrogens is 2. The highest BCUT2D eigenvalue weighted by molar-refractivity contribution is 6.04. The van der Waals surface area contributed by atoms with E-state index in [1.807, 2.05) is 36.4 Å². The topological polar surface area (TPSA) is 116 Å². The van der Waals surface area contributed by atoms with Crippen molar-refractivity contribution in [3.63, 3.8) is 0 Å². The first kappa shape index (κ1) is 17.5. The number of nitrogens with zero attached hydrogens (tertiary/aromatic N) is 1. The van der Waals surface area contributed by atoms with E-state index in [4.69, 9.17) is 0 Å². The van der Waals surface area contributed by atoms with Gasteiger partial charge in [0.2, 0.25) is 17.8 Å². The third-order valence-corrected chi connectivity index (χ3v) is 4.35. The Kier molecular flexibility index (Phi) is 4.59. The van der Waals surface area contributed by atoms with Crippen LogP contribution in [0.3, 0.4) is 0 Å². The van der Waals surface area contributed by atoms with Gasteiger partial charge in [-0.2, -0.15) is 4.98 Å². The van der Waals surface area contributed by atoms with Crippen molar-refractivity contribution in [1.29, 1.82) is 0 Å². The van der Waals surface area contributed by atoms with Crippen molar-refractivity contribution in [3.8, 4) is 0 Å². The summed E-state index contributed by atoms with van der Waals surface area (Å²) in [5.74, 6) is -1.46. The van der Waals surface area contributed by atoms with Gasteiger partial charge in [-0.25, -0.2) is 0 Å². The molecule has 2 amide bonds. The number of carbonyl (C=O) groups excluding carboxylic acids is 2. The summed E-state index contributed by atoms with van der Waals surface area (Å²) in [7, 11) is 0. The molecule has 1 aliphatic rings. The van der Waals surface area contributed by atoms with Crippen LogP contribution >= 0.6 is 0 Å². The average Bonchev–Trinajstić information content (AvgIpc) is 2.68. The van der Waals surface area contributed by atoms with Crippen molar-refractivity contribution < 1.29 is 9.59 Å². The third-order valence-electron chi connectivity index (χ3n) is 4.35. The van der Waals surface area contributed by atoms with Gasteiger partial charge in [-0.1, -0.05) is 36.4 Å². The van der Waals surface area contributed by atoms with Gasteiger partial charge < -0.3 is 16.0 Å². The smallest absolute Gasteiger partial charge is 0.258 e. The van der Waals surface area contributed by atoms with Crippen molar-refractivity contribution in [2.45, 2.75) is 12.3 Å².